The molecule has 1 fully saturated rings. The third-order valence-electron chi connectivity index (χ3n) is 3.21. The predicted octanol–water partition coefficient (Wildman–Crippen LogP) is 1.38. The Kier molecular flexibility index (Phi) is 4.39. The Morgan fingerprint density at radius 2 is 2.37 bits per heavy atom. The van der Waals surface area contributed by atoms with Gasteiger partial charge < -0.3 is 15.7 Å². The number of aliphatic hydroxyl groups excluding tert-OH is 1. The van der Waals surface area contributed by atoms with Gasteiger partial charge >= 0.3 is 0 Å². The van der Waals surface area contributed by atoms with Crippen molar-refractivity contribution >= 4 is 17.5 Å². The molecule has 2 rings (SSSR count). The van der Waals surface area contributed by atoms with Crippen molar-refractivity contribution in [2.75, 3.05) is 6.54 Å². The first kappa shape index (κ1) is 14.2. The van der Waals surface area contributed by atoms with E-state index in [2.05, 4.69) is 10.6 Å². The number of carbonyl (C=O) groups excluding carboxylic acids is 1. The maximum Gasteiger partial charge on any atom is 0.237 e. The molecule has 0 bridgehead atoms. The van der Waals surface area contributed by atoms with Gasteiger partial charge in [0.05, 0.1) is 18.2 Å². The van der Waals surface area contributed by atoms with Crippen LogP contribution >= 0.6 is 11.6 Å². The standard InChI is InChI=1S/C13H16ClFN2O2/c1-7(10-3-2-8(15)4-11(10)14)17-13(19)12-5-9(18)6-16-12/h2-4,7,9,12,16,18H,5-6H2,1H3,(H,17,19). The number of β-amino-alcohol motifs (C(OH)–C–C–N with tert-alkyl or cyclic N) is 1. The maximum atomic E-state index is 13.0. The van der Waals surface area contributed by atoms with Gasteiger partial charge in [-0.3, -0.25) is 4.79 Å². The summed E-state index contributed by atoms with van der Waals surface area (Å²) in [5.41, 5.74) is 0.662. The lowest BCUT2D eigenvalue weighted by molar-refractivity contribution is -0.123. The first-order valence-electron chi connectivity index (χ1n) is 6.14. The van der Waals surface area contributed by atoms with Crippen molar-refractivity contribution in [3.63, 3.8) is 0 Å². The molecular formula is C13H16ClFN2O2. The van der Waals surface area contributed by atoms with Crippen molar-refractivity contribution in [2.24, 2.45) is 0 Å². The van der Waals surface area contributed by atoms with E-state index in [-0.39, 0.29) is 17.0 Å². The van der Waals surface area contributed by atoms with Crippen molar-refractivity contribution in [1.82, 2.24) is 10.6 Å². The lowest BCUT2D eigenvalue weighted by Crippen LogP contribution is -2.41. The second-order valence-electron chi connectivity index (χ2n) is 4.75. The molecule has 3 N–H and O–H groups in total. The SMILES string of the molecule is CC(NC(=O)C1CC(O)CN1)c1ccc(F)cc1Cl. The fraction of sp³-hybridized carbons (Fsp3) is 0.462. The van der Waals surface area contributed by atoms with E-state index in [9.17, 15) is 14.3 Å². The lowest BCUT2D eigenvalue weighted by atomic mass is 10.1. The highest BCUT2D eigenvalue weighted by atomic mass is 35.5. The molecule has 0 aliphatic carbocycles. The summed E-state index contributed by atoms with van der Waals surface area (Å²) >= 11 is 5.94. The molecule has 3 atom stereocenters. The van der Waals surface area contributed by atoms with Gasteiger partial charge in [-0.15, -0.1) is 0 Å². The quantitative estimate of drug-likeness (QED) is 0.787. The summed E-state index contributed by atoms with van der Waals surface area (Å²) in [6.07, 6.45) is -0.0872. The molecule has 1 aliphatic rings. The summed E-state index contributed by atoms with van der Waals surface area (Å²) in [5, 5.41) is 15.4. The Bertz CT molecular complexity index is 484. The molecule has 19 heavy (non-hydrogen) atoms. The molecule has 0 radical (unpaired) electrons. The van der Waals surface area contributed by atoms with Gasteiger partial charge in [-0.25, -0.2) is 4.39 Å². The summed E-state index contributed by atoms with van der Waals surface area (Å²) in [6.45, 7) is 2.20. The largest absolute Gasteiger partial charge is 0.392 e. The molecule has 6 heteroatoms. The molecule has 1 saturated heterocycles. The van der Waals surface area contributed by atoms with Crippen LogP contribution in [0.25, 0.3) is 0 Å². The molecular weight excluding hydrogens is 271 g/mol. The van der Waals surface area contributed by atoms with Gasteiger partial charge in [0.1, 0.15) is 5.82 Å². The van der Waals surface area contributed by atoms with Gasteiger partial charge in [0.25, 0.3) is 0 Å². The van der Waals surface area contributed by atoms with E-state index in [4.69, 9.17) is 11.6 Å². The minimum absolute atomic E-state index is 0.190. The Morgan fingerprint density at radius 3 is 2.95 bits per heavy atom. The highest BCUT2D eigenvalue weighted by molar-refractivity contribution is 6.31. The first-order chi connectivity index (χ1) is 8.97. The van der Waals surface area contributed by atoms with E-state index in [0.29, 0.717) is 18.5 Å². The van der Waals surface area contributed by atoms with Crippen LogP contribution in [0.5, 0.6) is 0 Å². The van der Waals surface area contributed by atoms with Crippen LogP contribution in [0.15, 0.2) is 18.2 Å². The molecule has 0 spiro atoms. The summed E-state index contributed by atoms with van der Waals surface area (Å²) < 4.78 is 13.0. The molecule has 1 aliphatic heterocycles. The summed E-state index contributed by atoms with van der Waals surface area (Å²) in [4.78, 5) is 12.0. The molecule has 0 saturated carbocycles. The van der Waals surface area contributed by atoms with E-state index in [1.165, 1.54) is 12.1 Å². The van der Waals surface area contributed by atoms with Crippen LogP contribution in [0.4, 0.5) is 4.39 Å². The molecule has 0 aromatic heterocycles. The summed E-state index contributed by atoms with van der Waals surface area (Å²) in [5.74, 6) is -0.600. The van der Waals surface area contributed by atoms with E-state index in [1.54, 1.807) is 13.0 Å². The van der Waals surface area contributed by atoms with Crippen LogP contribution in [0.1, 0.15) is 24.9 Å². The van der Waals surface area contributed by atoms with Crippen LogP contribution in [0.3, 0.4) is 0 Å². The molecule has 1 aromatic rings. The van der Waals surface area contributed by atoms with Gasteiger partial charge in [-0.2, -0.15) is 0 Å². The third kappa shape index (κ3) is 3.43. The van der Waals surface area contributed by atoms with Crippen LogP contribution < -0.4 is 10.6 Å². The fourth-order valence-corrected chi connectivity index (χ4v) is 2.49. The average Bonchev–Trinajstić information content (AvgIpc) is 2.75. The van der Waals surface area contributed by atoms with E-state index >= 15 is 0 Å². The van der Waals surface area contributed by atoms with Crippen molar-refractivity contribution in [3.8, 4) is 0 Å². The maximum absolute atomic E-state index is 13.0. The molecule has 1 heterocycles. The normalized spacial score (nSPS) is 24.2. The van der Waals surface area contributed by atoms with E-state index in [1.807, 2.05) is 0 Å². The topological polar surface area (TPSA) is 61.4 Å². The van der Waals surface area contributed by atoms with E-state index in [0.717, 1.165) is 0 Å². The zero-order chi connectivity index (χ0) is 14.0. The number of carbonyl (C=O) groups is 1. The van der Waals surface area contributed by atoms with Crippen molar-refractivity contribution < 1.29 is 14.3 Å². The monoisotopic (exact) mass is 286 g/mol. The number of halogens is 2. The van der Waals surface area contributed by atoms with Gasteiger partial charge in [-0.1, -0.05) is 17.7 Å². The van der Waals surface area contributed by atoms with Gasteiger partial charge in [0.15, 0.2) is 0 Å². The number of aliphatic hydroxyl groups is 1. The Labute approximate surface area is 116 Å². The molecule has 104 valence electrons. The second-order valence-corrected chi connectivity index (χ2v) is 5.15. The minimum Gasteiger partial charge on any atom is -0.392 e. The van der Waals surface area contributed by atoms with Crippen LogP contribution in [0.2, 0.25) is 5.02 Å². The van der Waals surface area contributed by atoms with Crippen LogP contribution in [0, 0.1) is 5.82 Å². The Morgan fingerprint density at radius 1 is 1.63 bits per heavy atom. The van der Waals surface area contributed by atoms with E-state index < -0.39 is 18.0 Å². The highest BCUT2D eigenvalue weighted by Gasteiger charge is 2.29. The number of hydrogen-bond donors (Lipinski definition) is 3. The first-order valence-corrected chi connectivity index (χ1v) is 6.52. The Balaban J connectivity index is 2.00. The summed E-state index contributed by atoms with van der Waals surface area (Å²) in [7, 11) is 0. The van der Waals surface area contributed by atoms with Gasteiger partial charge in [0.2, 0.25) is 5.91 Å². The van der Waals surface area contributed by atoms with Gasteiger partial charge in [-0.05, 0) is 31.0 Å². The number of benzene rings is 1. The van der Waals surface area contributed by atoms with Crippen molar-refractivity contribution in [3.05, 3.63) is 34.6 Å². The second kappa shape index (κ2) is 5.86. The zero-order valence-corrected chi connectivity index (χ0v) is 11.2. The third-order valence-corrected chi connectivity index (χ3v) is 3.54. The van der Waals surface area contributed by atoms with Crippen molar-refractivity contribution in [2.45, 2.75) is 31.5 Å². The molecule has 1 aromatic carbocycles. The number of hydrogen-bond acceptors (Lipinski definition) is 3. The lowest BCUT2D eigenvalue weighted by Gasteiger charge is -2.18. The number of rotatable bonds is 3. The van der Waals surface area contributed by atoms with Crippen LogP contribution in [-0.4, -0.2) is 29.7 Å². The van der Waals surface area contributed by atoms with Crippen molar-refractivity contribution in [1.29, 1.82) is 0 Å². The fourth-order valence-electron chi connectivity index (χ4n) is 2.16. The number of nitrogens with one attached hydrogen (secondary N) is 2. The molecule has 4 nitrogen and oxygen atoms in total. The van der Waals surface area contributed by atoms with Crippen LogP contribution in [-0.2, 0) is 4.79 Å². The Hall–Kier alpha value is -1.17. The smallest absolute Gasteiger partial charge is 0.237 e. The number of amides is 1. The average molecular weight is 287 g/mol. The molecule has 1 amide bonds. The highest BCUT2D eigenvalue weighted by Crippen LogP contribution is 2.23. The van der Waals surface area contributed by atoms with Gasteiger partial charge in [0, 0.05) is 11.6 Å². The predicted molar refractivity (Wildman–Crippen MR) is 70.4 cm³/mol. The summed E-state index contributed by atoms with van der Waals surface area (Å²) in [6, 6.07) is 3.37. The molecule has 3 unspecified atom stereocenters. The minimum atomic E-state index is -0.486. The zero-order valence-electron chi connectivity index (χ0n) is 10.5.